The molecule has 5 nitrogen and oxygen atoms in total. The molecule has 3 amide bonds. The molecule has 0 aromatic heterocycles. The predicted molar refractivity (Wildman–Crippen MR) is 94.4 cm³/mol. The van der Waals surface area contributed by atoms with Crippen LogP contribution in [0.4, 0.5) is 4.79 Å². The van der Waals surface area contributed by atoms with Gasteiger partial charge in [-0.05, 0) is 30.7 Å². The number of hydrogen-bond acceptors (Lipinski definition) is 3. The SMILES string of the molecule is CNC(=O)NC(=O)[C@H](c1ccccc1)N(C)Cc1ccccc1C. The lowest BCUT2D eigenvalue weighted by atomic mass is 10.0. The number of amides is 3. The fraction of sp³-hybridized carbons (Fsp3) is 0.263. The van der Waals surface area contributed by atoms with Crippen LogP contribution in [0.15, 0.2) is 54.6 Å². The van der Waals surface area contributed by atoms with Crippen LogP contribution >= 0.6 is 0 Å². The number of hydrogen-bond donors (Lipinski definition) is 2. The summed E-state index contributed by atoms with van der Waals surface area (Å²) in [6, 6.07) is 16.5. The largest absolute Gasteiger partial charge is 0.341 e. The number of imide groups is 1. The van der Waals surface area contributed by atoms with Crippen molar-refractivity contribution in [2.75, 3.05) is 14.1 Å². The summed E-state index contributed by atoms with van der Waals surface area (Å²) in [6.07, 6.45) is 0. The van der Waals surface area contributed by atoms with E-state index in [2.05, 4.69) is 10.6 Å². The van der Waals surface area contributed by atoms with Crippen molar-refractivity contribution in [2.24, 2.45) is 0 Å². The maximum atomic E-state index is 12.6. The van der Waals surface area contributed by atoms with Gasteiger partial charge in [0.25, 0.3) is 0 Å². The van der Waals surface area contributed by atoms with Crippen molar-refractivity contribution in [2.45, 2.75) is 19.5 Å². The molecule has 2 aromatic carbocycles. The Bertz CT molecular complexity index is 701. The van der Waals surface area contributed by atoms with Gasteiger partial charge in [-0.15, -0.1) is 0 Å². The molecular formula is C19H23N3O2. The van der Waals surface area contributed by atoms with E-state index >= 15 is 0 Å². The second kappa shape index (κ2) is 8.26. The summed E-state index contributed by atoms with van der Waals surface area (Å²) in [7, 11) is 3.37. The third kappa shape index (κ3) is 4.43. The lowest BCUT2D eigenvalue weighted by Gasteiger charge is -2.27. The second-order valence-corrected chi connectivity index (χ2v) is 5.72. The summed E-state index contributed by atoms with van der Waals surface area (Å²) in [5.74, 6) is -0.350. The number of nitrogens with one attached hydrogen (secondary N) is 2. The van der Waals surface area contributed by atoms with Crippen LogP contribution in [0, 0.1) is 6.92 Å². The van der Waals surface area contributed by atoms with E-state index in [1.165, 1.54) is 12.6 Å². The maximum Gasteiger partial charge on any atom is 0.321 e. The first-order valence-corrected chi connectivity index (χ1v) is 7.85. The number of nitrogens with zero attached hydrogens (tertiary/aromatic N) is 1. The second-order valence-electron chi connectivity index (χ2n) is 5.72. The minimum atomic E-state index is -0.553. The van der Waals surface area contributed by atoms with Gasteiger partial charge in [0.15, 0.2) is 0 Å². The molecule has 0 radical (unpaired) electrons. The minimum Gasteiger partial charge on any atom is -0.341 e. The van der Waals surface area contributed by atoms with Gasteiger partial charge in [-0.3, -0.25) is 15.0 Å². The number of carbonyl (C=O) groups excluding carboxylic acids is 2. The Kier molecular flexibility index (Phi) is 6.09. The number of aryl methyl sites for hydroxylation is 1. The van der Waals surface area contributed by atoms with Gasteiger partial charge < -0.3 is 5.32 Å². The summed E-state index contributed by atoms with van der Waals surface area (Å²) < 4.78 is 0. The molecule has 2 N–H and O–H groups in total. The molecule has 1 atom stereocenters. The van der Waals surface area contributed by atoms with Crippen LogP contribution in [0.2, 0.25) is 0 Å². The molecule has 0 aliphatic rings. The highest BCUT2D eigenvalue weighted by Gasteiger charge is 2.26. The number of urea groups is 1. The van der Waals surface area contributed by atoms with Crippen molar-refractivity contribution in [3.05, 3.63) is 71.3 Å². The van der Waals surface area contributed by atoms with Gasteiger partial charge in [0.2, 0.25) is 5.91 Å². The molecule has 0 heterocycles. The maximum absolute atomic E-state index is 12.6. The van der Waals surface area contributed by atoms with Crippen molar-refractivity contribution in [3.63, 3.8) is 0 Å². The molecule has 0 spiro atoms. The van der Waals surface area contributed by atoms with E-state index in [-0.39, 0.29) is 5.91 Å². The monoisotopic (exact) mass is 325 g/mol. The molecule has 0 aliphatic carbocycles. The summed E-state index contributed by atoms with van der Waals surface area (Å²) in [5, 5.41) is 4.79. The fourth-order valence-electron chi connectivity index (χ4n) is 2.63. The van der Waals surface area contributed by atoms with Crippen molar-refractivity contribution in [1.82, 2.24) is 15.5 Å². The number of rotatable bonds is 5. The van der Waals surface area contributed by atoms with Gasteiger partial charge in [-0.1, -0.05) is 54.6 Å². The molecule has 2 rings (SSSR count). The van der Waals surface area contributed by atoms with Crippen molar-refractivity contribution < 1.29 is 9.59 Å². The van der Waals surface area contributed by atoms with E-state index in [1.807, 2.05) is 73.5 Å². The summed E-state index contributed by atoms with van der Waals surface area (Å²) in [6.45, 7) is 2.65. The topological polar surface area (TPSA) is 61.4 Å². The molecule has 5 heteroatoms. The van der Waals surface area contributed by atoms with E-state index in [9.17, 15) is 9.59 Å². The highest BCUT2D eigenvalue weighted by molar-refractivity contribution is 5.97. The molecule has 0 aliphatic heterocycles. The first-order valence-electron chi connectivity index (χ1n) is 7.85. The normalized spacial score (nSPS) is 11.8. The van der Waals surface area contributed by atoms with Gasteiger partial charge in [0.05, 0.1) is 0 Å². The van der Waals surface area contributed by atoms with Gasteiger partial charge in [-0.2, -0.15) is 0 Å². The van der Waals surface area contributed by atoms with Crippen LogP contribution in [-0.4, -0.2) is 30.9 Å². The van der Waals surface area contributed by atoms with Crippen LogP contribution < -0.4 is 10.6 Å². The van der Waals surface area contributed by atoms with Crippen LogP contribution in [0.5, 0.6) is 0 Å². The number of benzene rings is 2. The Morgan fingerprint density at radius 3 is 2.29 bits per heavy atom. The third-order valence-corrected chi connectivity index (χ3v) is 3.95. The van der Waals surface area contributed by atoms with E-state index in [0.717, 1.165) is 11.1 Å². The zero-order valence-corrected chi connectivity index (χ0v) is 14.2. The third-order valence-electron chi connectivity index (χ3n) is 3.95. The Labute approximate surface area is 142 Å². The molecule has 24 heavy (non-hydrogen) atoms. The first kappa shape index (κ1) is 17.7. The van der Waals surface area contributed by atoms with Crippen molar-refractivity contribution in [1.29, 1.82) is 0 Å². The molecule has 0 unspecified atom stereocenters. The standard InChI is InChI=1S/C19H23N3O2/c1-14-9-7-8-12-16(14)13-22(3)17(15-10-5-4-6-11-15)18(23)21-19(24)20-2/h4-12,17H,13H2,1-3H3,(H2,20,21,23,24)/t17-/m0/s1. The van der Waals surface area contributed by atoms with E-state index in [1.54, 1.807) is 0 Å². The van der Waals surface area contributed by atoms with Crippen LogP contribution in [-0.2, 0) is 11.3 Å². The summed E-state index contributed by atoms with van der Waals surface area (Å²) >= 11 is 0. The van der Waals surface area contributed by atoms with Crippen molar-refractivity contribution >= 4 is 11.9 Å². The van der Waals surface area contributed by atoms with Gasteiger partial charge in [-0.25, -0.2) is 4.79 Å². The van der Waals surface area contributed by atoms with E-state index < -0.39 is 12.1 Å². The average Bonchev–Trinajstić information content (AvgIpc) is 2.58. The highest BCUT2D eigenvalue weighted by atomic mass is 16.2. The quantitative estimate of drug-likeness (QED) is 0.888. The highest BCUT2D eigenvalue weighted by Crippen LogP contribution is 2.22. The smallest absolute Gasteiger partial charge is 0.321 e. The predicted octanol–water partition coefficient (Wildman–Crippen LogP) is 2.62. The molecule has 0 saturated heterocycles. The molecule has 0 bridgehead atoms. The molecular weight excluding hydrogens is 302 g/mol. The van der Waals surface area contributed by atoms with Gasteiger partial charge in [0.1, 0.15) is 6.04 Å². The zero-order valence-electron chi connectivity index (χ0n) is 14.2. The number of carbonyl (C=O) groups is 2. The van der Waals surface area contributed by atoms with Crippen LogP contribution in [0.1, 0.15) is 22.7 Å². The molecule has 0 fully saturated rings. The van der Waals surface area contributed by atoms with Gasteiger partial charge >= 0.3 is 6.03 Å². The average molecular weight is 325 g/mol. The van der Waals surface area contributed by atoms with E-state index in [4.69, 9.17) is 0 Å². The van der Waals surface area contributed by atoms with Gasteiger partial charge in [0, 0.05) is 13.6 Å². The molecule has 0 saturated carbocycles. The molecule has 126 valence electrons. The van der Waals surface area contributed by atoms with Crippen LogP contribution in [0.3, 0.4) is 0 Å². The van der Waals surface area contributed by atoms with Crippen molar-refractivity contribution in [3.8, 4) is 0 Å². The van der Waals surface area contributed by atoms with Crippen LogP contribution in [0.25, 0.3) is 0 Å². The minimum absolute atomic E-state index is 0.350. The number of likely N-dealkylation sites (N-methyl/N-ethyl adjacent to an activating group) is 1. The fourth-order valence-corrected chi connectivity index (χ4v) is 2.63. The Morgan fingerprint density at radius 1 is 1.04 bits per heavy atom. The first-order chi connectivity index (χ1) is 11.5. The lowest BCUT2D eigenvalue weighted by molar-refractivity contribution is -0.125. The Morgan fingerprint density at radius 2 is 1.67 bits per heavy atom. The lowest BCUT2D eigenvalue weighted by Crippen LogP contribution is -2.44. The Hall–Kier alpha value is -2.66. The molecule has 2 aromatic rings. The summed E-state index contributed by atoms with van der Waals surface area (Å²) in [5.41, 5.74) is 3.16. The zero-order chi connectivity index (χ0) is 17.5. The summed E-state index contributed by atoms with van der Waals surface area (Å²) in [4.78, 5) is 26.1. The Balaban J connectivity index is 2.26. The van der Waals surface area contributed by atoms with E-state index in [0.29, 0.717) is 6.54 Å².